The van der Waals surface area contributed by atoms with Crippen molar-refractivity contribution in [2.75, 3.05) is 13.2 Å². The Bertz CT molecular complexity index is 1090. The first kappa shape index (κ1) is 18.9. The number of nitrogens with zero attached hydrogens (tertiary/aromatic N) is 1. The molecule has 0 radical (unpaired) electrons. The molecule has 1 atom stereocenters. The highest BCUT2D eigenvalue weighted by atomic mass is 16.5. The third kappa shape index (κ3) is 3.78. The number of fused-ring (bicyclic) bond motifs is 2. The number of pyridine rings is 1. The summed E-state index contributed by atoms with van der Waals surface area (Å²) in [5, 5.41) is 3.83. The molecule has 0 spiro atoms. The van der Waals surface area contributed by atoms with Gasteiger partial charge in [-0.1, -0.05) is 36.4 Å². The molecule has 3 aromatic rings. The number of aromatic nitrogens is 1. The molecule has 2 aromatic carbocycles. The van der Waals surface area contributed by atoms with Crippen LogP contribution in [-0.2, 0) is 9.53 Å². The fourth-order valence-electron chi connectivity index (χ4n) is 3.76. The van der Waals surface area contributed by atoms with Gasteiger partial charge in [0.25, 0.3) is 5.91 Å². The summed E-state index contributed by atoms with van der Waals surface area (Å²) in [5.74, 6) is -0.112. The van der Waals surface area contributed by atoms with Gasteiger partial charge in [0.15, 0.2) is 6.61 Å². The summed E-state index contributed by atoms with van der Waals surface area (Å²) in [6.07, 6.45) is 0.670. The molecule has 2 heterocycles. The average Bonchev–Trinajstić information content (AvgIpc) is 2.72. The molecular formula is C23H22N2O4. The topological polar surface area (TPSA) is 77.5 Å². The van der Waals surface area contributed by atoms with E-state index in [-0.39, 0.29) is 18.6 Å². The maximum atomic E-state index is 12.7. The van der Waals surface area contributed by atoms with Crippen molar-refractivity contribution < 1.29 is 19.1 Å². The van der Waals surface area contributed by atoms with Crippen LogP contribution in [0.1, 0.15) is 39.6 Å². The van der Waals surface area contributed by atoms with E-state index < -0.39 is 5.97 Å². The second kappa shape index (κ2) is 7.91. The first-order valence-electron chi connectivity index (χ1n) is 9.58. The van der Waals surface area contributed by atoms with E-state index in [1.54, 1.807) is 6.92 Å². The van der Waals surface area contributed by atoms with Gasteiger partial charge in [-0.3, -0.25) is 9.78 Å². The summed E-state index contributed by atoms with van der Waals surface area (Å²) in [5.41, 5.74) is 3.56. The molecule has 0 saturated heterocycles. The van der Waals surface area contributed by atoms with Gasteiger partial charge in [-0.2, -0.15) is 0 Å². The van der Waals surface area contributed by atoms with Crippen LogP contribution in [-0.4, -0.2) is 30.1 Å². The molecule has 1 unspecified atom stereocenters. The fraction of sp³-hybridized carbons (Fsp3) is 0.261. The second-order valence-electron chi connectivity index (χ2n) is 7.09. The highest BCUT2D eigenvalue weighted by Gasteiger charge is 2.24. The first-order chi connectivity index (χ1) is 14.0. The number of hydrogen-bond acceptors (Lipinski definition) is 5. The molecule has 4 rings (SSSR count). The average molecular weight is 390 g/mol. The summed E-state index contributed by atoms with van der Waals surface area (Å²) in [6.45, 7) is 3.83. The summed E-state index contributed by atoms with van der Waals surface area (Å²) >= 11 is 0. The number of carbonyl (C=O) groups excluding carboxylic acids is 2. The van der Waals surface area contributed by atoms with Gasteiger partial charge >= 0.3 is 5.97 Å². The summed E-state index contributed by atoms with van der Waals surface area (Å²) in [7, 11) is 0. The molecule has 0 fully saturated rings. The predicted octanol–water partition coefficient (Wildman–Crippen LogP) is 3.65. The van der Waals surface area contributed by atoms with Gasteiger partial charge in [0.2, 0.25) is 0 Å². The number of para-hydroxylation sites is 2. The molecule has 29 heavy (non-hydrogen) atoms. The van der Waals surface area contributed by atoms with Gasteiger partial charge in [-0.05, 0) is 31.5 Å². The van der Waals surface area contributed by atoms with Crippen molar-refractivity contribution in [2.45, 2.75) is 26.3 Å². The normalized spacial score (nSPS) is 15.3. The van der Waals surface area contributed by atoms with Gasteiger partial charge in [0, 0.05) is 17.4 Å². The Morgan fingerprint density at radius 2 is 1.90 bits per heavy atom. The van der Waals surface area contributed by atoms with Crippen molar-refractivity contribution in [1.29, 1.82) is 0 Å². The van der Waals surface area contributed by atoms with Crippen LogP contribution < -0.4 is 10.1 Å². The number of rotatable bonds is 4. The molecule has 1 aromatic heterocycles. The molecule has 148 valence electrons. The summed E-state index contributed by atoms with van der Waals surface area (Å²) < 4.78 is 10.9. The quantitative estimate of drug-likeness (QED) is 0.688. The number of carbonyl (C=O) groups is 2. The lowest BCUT2D eigenvalue weighted by Gasteiger charge is -2.26. The Morgan fingerprint density at radius 1 is 1.14 bits per heavy atom. The number of ether oxygens (including phenoxy) is 2. The number of hydrogen-bond donors (Lipinski definition) is 1. The van der Waals surface area contributed by atoms with Gasteiger partial charge in [0.05, 0.1) is 29.4 Å². The first-order valence-corrected chi connectivity index (χ1v) is 9.58. The van der Waals surface area contributed by atoms with Crippen molar-refractivity contribution in [3.63, 3.8) is 0 Å². The van der Waals surface area contributed by atoms with Gasteiger partial charge < -0.3 is 14.8 Å². The third-order valence-electron chi connectivity index (χ3n) is 5.17. The van der Waals surface area contributed by atoms with E-state index in [1.165, 1.54) is 0 Å². The zero-order chi connectivity index (χ0) is 20.4. The molecule has 1 amide bonds. The maximum Gasteiger partial charge on any atom is 0.340 e. The smallest absolute Gasteiger partial charge is 0.340 e. The lowest BCUT2D eigenvalue weighted by molar-refractivity contribution is -0.125. The molecule has 6 nitrogen and oxygen atoms in total. The zero-order valence-corrected chi connectivity index (χ0v) is 16.4. The summed E-state index contributed by atoms with van der Waals surface area (Å²) in [4.78, 5) is 29.5. The van der Waals surface area contributed by atoms with E-state index in [1.807, 2.05) is 55.5 Å². The van der Waals surface area contributed by atoms with E-state index in [0.717, 1.165) is 27.8 Å². The van der Waals surface area contributed by atoms with Gasteiger partial charge in [-0.25, -0.2) is 4.79 Å². The lowest BCUT2D eigenvalue weighted by Crippen LogP contribution is -2.35. The molecule has 1 aliphatic rings. The predicted molar refractivity (Wildman–Crippen MR) is 109 cm³/mol. The lowest BCUT2D eigenvalue weighted by atomic mass is 10.0. The maximum absolute atomic E-state index is 12.7. The van der Waals surface area contributed by atoms with Crippen LogP contribution in [0.15, 0.2) is 48.5 Å². The molecular weight excluding hydrogens is 368 g/mol. The molecule has 1 N–H and O–H groups in total. The number of nitrogens with one attached hydrogen (secondary N) is 1. The molecule has 0 aliphatic carbocycles. The van der Waals surface area contributed by atoms with E-state index in [4.69, 9.17) is 9.47 Å². The van der Waals surface area contributed by atoms with Crippen LogP contribution in [0.5, 0.6) is 5.75 Å². The largest absolute Gasteiger partial charge is 0.493 e. The van der Waals surface area contributed by atoms with Crippen molar-refractivity contribution in [2.24, 2.45) is 0 Å². The van der Waals surface area contributed by atoms with Crippen molar-refractivity contribution in [1.82, 2.24) is 10.3 Å². The second-order valence-corrected chi connectivity index (χ2v) is 7.09. The Labute approximate surface area is 168 Å². The third-order valence-corrected chi connectivity index (χ3v) is 5.17. The molecule has 6 heteroatoms. The van der Waals surface area contributed by atoms with Crippen molar-refractivity contribution in [3.8, 4) is 5.75 Å². The monoisotopic (exact) mass is 390 g/mol. The molecule has 1 aliphatic heterocycles. The van der Waals surface area contributed by atoms with Crippen LogP contribution in [0.2, 0.25) is 0 Å². The number of aryl methyl sites for hydroxylation is 2. The zero-order valence-electron chi connectivity index (χ0n) is 16.4. The Kier molecular flexibility index (Phi) is 5.16. The van der Waals surface area contributed by atoms with E-state index in [0.29, 0.717) is 24.3 Å². The highest BCUT2D eigenvalue weighted by Crippen LogP contribution is 2.31. The minimum absolute atomic E-state index is 0.156. The number of amides is 1. The molecule has 0 bridgehead atoms. The summed E-state index contributed by atoms with van der Waals surface area (Å²) in [6, 6.07) is 15.1. The van der Waals surface area contributed by atoms with Crippen LogP contribution in [0.3, 0.4) is 0 Å². The minimum Gasteiger partial charge on any atom is -0.493 e. The van der Waals surface area contributed by atoms with Crippen molar-refractivity contribution in [3.05, 3.63) is 70.9 Å². The Morgan fingerprint density at radius 3 is 2.76 bits per heavy atom. The van der Waals surface area contributed by atoms with E-state index >= 15 is 0 Å². The standard InChI is InChI=1S/C23H22N2O4/c1-14-16-7-3-5-9-18(16)24-15(2)22(14)23(27)29-13-21(26)25-19-11-12-28-20-10-6-4-8-17(19)20/h3-10,19H,11-13H2,1-2H3,(H,25,26). The van der Waals surface area contributed by atoms with Crippen LogP contribution >= 0.6 is 0 Å². The Balaban J connectivity index is 1.44. The van der Waals surface area contributed by atoms with Gasteiger partial charge in [-0.15, -0.1) is 0 Å². The van der Waals surface area contributed by atoms with Gasteiger partial charge in [0.1, 0.15) is 5.75 Å². The van der Waals surface area contributed by atoms with Crippen LogP contribution in [0, 0.1) is 13.8 Å². The molecule has 0 saturated carbocycles. The van der Waals surface area contributed by atoms with E-state index in [9.17, 15) is 9.59 Å². The fourth-order valence-corrected chi connectivity index (χ4v) is 3.76. The highest BCUT2D eigenvalue weighted by molar-refractivity contribution is 5.99. The minimum atomic E-state index is -0.541. The van der Waals surface area contributed by atoms with Crippen molar-refractivity contribution >= 4 is 22.8 Å². The van der Waals surface area contributed by atoms with E-state index in [2.05, 4.69) is 10.3 Å². The SMILES string of the molecule is Cc1nc2ccccc2c(C)c1C(=O)OCC(=O)NC1CCOc2ccccc21. The number of benzene rings is 2. The van der Waals surface area contributed by atoms with Crippen LogP contribution in [0.4, 0.5) is 0 Å². The number of esters is 1. The van der Waals surface area contributed by atoms with Crippen LogP contribution in [0.25, 0.3) is 10.9 Å². The Hall–Kier alpha value is -3.41.